The van der Waals surface area contributed by atoms with Crippen LogP contribution in [-0.4, -0.2) is 52.8 Å². The Hall–Kier alpha value is -2.86. The average molecular weight is 396 g/mol. The van der Waals surface area contributed by atoms with E-state index in [-0.39, 0.29) is 11.3 Å². The number of benzene rings is 1. The molecule has 0 aliphatic carbocycles. The zero-order valence-corrected chi connectivity index (χ0v) is 17.2. The Bertz CT molecular complexity index is 880. The Kier molecular flexibility index (Phi) is 6.54. The second-order valence-electron chi connectivity index (χ2n) is 7.25. The second kappa shape index (κ2) is 9.09. The maximum absolute atomic E-state index is 12.9. The number of aliphatic hydroxyl groups excluding tert-OH is 1. The standard InChI is InChI=1S/C23H28N2O4/c1-4-24(5-2)13-7-14-25-20(18-8-6-15-29-18)19(22(27)23(25)28)21(26)17-11-9-16(3)10-12-17/h6,8-12,15,20,26H,4-5,7,13-14H2,1-3H3/b21-19+/t20-/m0/s1. The van der Waals surface area contributed by atoms with Crippen LogP contribution >= 0.6 is 0 Å². The molecular formula is C23H28N2O4. The van der Waals surface area contributed by atoms with Crippen LogP contribution in [0.3, 0.4) is 0 Å². The summed E-state index contributed by atoms with van der Waals surface area (Å²) in [5, 5.41) is 10.9. The van der Waals surface area contributed by atoms with Crippen molar-refractivity contribution in [2.24, 2.45) is 0 Å². The van der Waals surface area contributed by atoms with Gasteiger partial charge in [-0.3, -0.25) is 9.59 Å². The Morgan fingerprint density at radius 1 is 1.14 bits per heavy atom. The lowest BCUT2D eigenvalue weighted by atomic mass is 9.99. The van der Waals surface area contributed by atoms with Crippen molar-refractivity contribution in [3.63, 3.8) is 0 Å². The number of aryl methyl sites for hydroxylation is 1. The van der Waals surface area contributed by atoms with Gasteiger partial charge in [-0.05, 0) is 45.1 Å². The van der Waals surface area contributed by atoms with Gasteiger partial charge in [-0.1, -0.05) is 43.7 Å². The molecule has 1 aromatic carbocycles. The third kappa shape index (κ3) is 4.27. The zero-order valence-electron chi connectivity index (χ0n) is 17.2. The molecule has 1 amide bonds. The number of furan rings is 1. The number of carbonyl (C=O) groups excluding carboxylic acids is 2. The first-order valence-electron chi connectivity index (χ1n) is 10.1. The van der Waals surface area contributed by atoms with Crippen LogP contribution < -0.4 is 0 Å². The highest BCUT2D eigenvalue weighted by Gasteiger charge is 2.47. The van der Waals surface area contributed by atoms with Gasteiger partial charge in [0.15, 0.2) is 0 Å². The van der Waals surface area contributed by atoms with E-state index >= 15 is 0 Å². The van der Waals surface area contributed by atoms with Crippen LogP contribution in [-0.2, 0) is 9.59 Å². The SMILES string of the molecule is CCN(CC)CCCN1C(=O)C(=O)/C(=C(/O)c2ccc(C)cc2)[C@@H]1c1ccco1. The molecule has 2 aromatic rings. The molecule has 6 heteroatoms. The minimum atomic E-state index is -0.719. The van der Waals surface area contributed by atoms with Crippen molar-refractivity contribution in [2.75, 3.05) is 26.2 Å². The summed E-state index contributed by atoms with van der Waals surface area (Å²) in [6.45, 7) is 9.26. The fourth-order valence-electron chi connectivity index (χ4n) is 3.72. The number of rotatable bonds is 8. The van der Waals surface area contributed by atoms with E-state index < -0.39 is 17.7 Å². The lowest BCUT2D eigenvalue weighted by Gasteiger charge is -2.25. The Morgan fingerprint density at radius 3 is 2.41 bits per heavy atom. The van der Waals surface area contributed by atoms with Crippen molar-refractivity contribution in [1.29, 1.82) is 0 Å². The van der Waals surface area contributed by atoms with Crippen molar-refractivity contribution in [2.45, 2.75) is 33.2 Å². The summed E-state index contributed by atoms with van der Waals surface area (Å²) >= 11 is 0. The minimum absolute atomic E-state index is 0.0802. The fraction of sp³-hybridized carbons (Fsp3) is 0.391. The Labute approximate surface area is 171 Å². The van der Waals surface area contributed by atoms with E-state index in [1.165, 1.54) is 11.2 Å². The molecule has 1 N–H and O–H groups in total. The van der Waals surface area contributed by atoms with Gasteiger partial charge in [0.1, 0.15) is 17.6 Å². The van der Waals surface area contributed by atoms with Crippen molar-refractivity contribution in [1.82, 2.24) is 9.80 Å². The van der Waals surface area contributed by atoms with Crippen LogP contribution in [0.1, 0.15) is 43.2 Å². The first kappa shape index (κ1) is 20.9. The van der Waals surface area contributed by atoms with E-state index in [1.807, 2.05) is 19.1 Å². The molecular weight excluding hydrogens is 368 g/mol. The van der Waals surface area contributed by atoms with Gasteiger partial charge in [0.05, 0.1) is 11.8 Å². The van der Waals surface area contributed by atoms with E-state index in [0.717, 1.165) is 31.6 Å². The lowest BCUT2D eigenvalue weighted by Crippen LogP contribution is -2.33. The number of likely N-dealkylation sites (tertiary alicyclic amines) is 1. The average Bonchev–Trinajstić information content (AvgIpc) is 3.33. The molecule has 1 aromatic heterocycles. The number of amides is 1. The third-order valence-electron chi connectivity index (χ3n) is 5.45. The number of aliphatic hydroxyl groups is 1. The van der Waals surface area contributed by atoms with Gasteiger partial charge >= 0.3 is 0 Å². The normalized spacial score (nSPS) is 18.8. The molecule has 1 aliphatic rings. The largest absolute Gasteiger partial charge is 0.507 e. The summed E-state index contributed by atoms with van der Waals surface area (Å²) in [5.41, 5.74) is 1.63. The number of ketones is 1. The van der Waals surface area contributed by atoms with Gasteiger partial charge in [0.25, 0.3) is 11.7 Å². The molecule has 0 bridgehead atoms. The molecule has 29 heavy (non-hydrogen) atoms. The highest BCUT2D eigenvalue weighted by atomic mass is 16.3. The minimum Gasteiger partial charge on any atom is -0.507 e. The van der Waals surface area contributed by atoms with E-state index in [4.69, 9.17) is 4.42 Å². The third-order valence-corrected chi connectivity index (χ3v) is 5.45. The maximum atomic E-state index is 12.9. The molecule has 6 nitrogen and oxygen atoms in total. The monoisotopic (exact) mass is 396 g/mol. The van der Waals surface area contributed by atoms with Gasteiger partial charge in [0, 0.05) is 12.1 Å². The number of hydrogen-bond donors (Lipinski definition) is 1. The highest BCUT2D eigenvalue weighted by molar-refractivity contribution is 6.46. The van der Waals surface area contributed by atoms with Gasteiger partial charge in [-0.25, -0.2) is 0 Å². The van der Waals surface area contributed by atoms with Crippen LogP contribution in [0, 0.1) is 6.92 Å². The fourth-order valence-corrected chi connectivity index (χ4v) is 3.72. The van der Waals surface area contributed by atoms with Gasteiger partial charge in [0.2, 0.25) is 0 Å². The van der Waals surface area contributed by atoms with Crippen molar-refractivity contribution in [3.05, 3.63) is 65.1 Å². The van der Waals surface area contributed by atoms with Crippen LogP contribution in [0.25, 0.3) is 5.76 Å². The summed E-state index contributed by atoms with van der Waals surface area (Å²) in [5.74, 6) is -0.969. The smallest absolute Gasteiger partial charge is 0.295 e. The molecule has 1 aliphatic heterocycles. The Morgan fingerprint density at radius 2 is 1.83 bits per heavy atom. The van der Waals surface area contributed by atoms with Crippen molar-refractivity contribution in [3.8, 4) is 0 Å². The number of nitrogens with zero attached hydrogens (tertiary/aromatic N) is 2. The van der Waals surface area contributed by atoms with Crippen molar-refractivity contribution >= 4 is 17.4 Å². The summed E-state index contributed by atoms with van der Waals surface area (Å²) < 4.78 is 5.55. The van der Waals surface area contributed by atoms with Crippen molar-refractivity contribution < 1.29 is 19.1 Å². The number of carbonyl (C=O) groups is 2. The summed E-state index contributed by atoms with van der Waals surface area (Å²) in [6.07, 6.45) is 2.24. The summed E-state index contributed by atoms with van der Waals surface area (Å²) in [6, 6.07) is 9.94. The number of hydrogen-bond acceptors (Lipinski definition) is 5. The molecule has 3 rings (SSSR count). The molecule has 1 fully saturated rings. The zero-order chi connectivity index (χ0) is 21.0. The molecule has 0 saturated carbocycles. The van der Waals surface area contributed by atoms with E-state index in [1.54, 1.807) is 24.3 Å². The first-order chi connectivity index (χ1) is 14.0. The summed E-state index contributed by atoms with van der Waals surface area (Å²) in [4.78, 5) is 29.4. The molecule has 0 radical (unpaired) electrons. The summed E-state index contributed by atoms with van der Waals surface area (Å²) in [7, 11) is 0. The maximum Gasteiger partial charge on any atom is 0.295 e. The second-order valence-corrected chi connectivity index (χ2v) is 7.25. The van der Waals surface area contributed by atoms with Crippen LogP contribution in [0.15, 0.2) is 52.7 Å². The van der Waals surface area contributed by atoms with Crippen LogP contribution in [0.5, 0.6) is 0 Å². The van der Waals surface area contributed by atoms with E-state index in [9.17, 15) is 14.7 Å². The molecule has 1 atom stereocenters. The molecule has 0 unspecified atom stereocenters. The predicted octanol–water partition coefficient (Wildman–Crippen LogP) is 3.74. The first-order valence-corrected chi connectivity index (χ1v) is 10.1. The Balaban J connectivity index is 1.95. The molecule has 0 spiro atoms. The topological polar surface area (TPSA) is 74.0 Å². The highest BCUT2D eigenvalue weighted by Crippen LogP contribution is 2.39. The predicted molar refractivity (Wildman–Crippen MR) is 111 cm³/mol. The molecule has 154 valence electrons. The molecule has 2 heterocycles. The van der Waals surface area contributed by atoms with Gasteiger partial charge in [-0.2, -0.15) is 0 Å². The molecule has 1 saturated heterocycles. The van der Waals surface area contributed by atoms with E-state index in [2.05, 4.69) is 18.7 Å². The van der Waals surface area contributed by atoms with Gasteiger partial charge < -0.3 is 19.3 Å². The van der Waals surface area contributed by atoms with E-state index in [0.29, 0.717) is 17.9 Å². The van der Waals surface area contributed by atoms with Crippen LogP contribution in [0.2, 0.25) is 0 Å². The number of Topliss-reactive ketones (excluding diaryl/α,β-unsaturated/α-hetero) is 1. The van der Waals surface area contributed by atoms with Crippen LogP contribution in [0.4, 0.5) is 0 Å². The lowest BCUT2D eigenvalue weighted by molar-refractivity contribution is -0.140. The van der Waals surface area contributed by atoms with Gasteiger partial charge in [-0.15, -0.1) is 0 Å². The quantitative estimate of drug-likeness (QED) is 0.418.